The van der Waals surface area contributed by atoms with E-state index < -0.39 is 0 Å². The van der Waals surface area contributed by atoms with Crippen molar-refractivity contribution in [3.05, 3.63) is 66.4 Å². The van der Waals surface area contributed by atoms with E-state index >= 15 is 0 Å². The fourth-order valence-corrected chi connectivity index (χ4v) is 2.13. The molecular formula is C16H13NO2. The molecule has 94 valence electrons. The average Bonchev–Trinajstić information content (AvgIpc) is 2.83. The Morgan fingerprint density at radius 1 is 1.00 bits per heavy atom. The van der Waals surface area contributed by atoms with Crippen molar-refractivity contribution in [2.24, 2.45) is 7.05 Å². The van der Waals surface area contributed by atoms with E-state index in [0.29, 0.717) is 11.3 Å². The zero-order chi connectivity index (χ0) is 13.2. The number of benzene rings is 2. The summed E-state index contributed by atoms with van der Waals surface area (Å²) in [5, 5.41) is 1.06. The second-order valence-corrected chi connectivity index (χ2v) is 4.38. The molecule has 1 aromatic heterocycles. The summed E-state index contributed by atoms with van der Waals surface area (Å²) in [7, 11) is 1.93. The van der Waals surface area contributed by atoms with Crippen LogP contribution in [0.3, 0.4) is 0 Å². The minimum Gasteiger partial charge on any atom is -0.421 e. The van der Waals surface area contributed by atoms with Crippen LogP contribution in [0, 0.1) is 0 Å². The first-order valence-corrected chi connectivity index (χ1v) is 6.07. The van der Waals surface area contributed by atoms with E-state index in [4.69, 9.17) is 4.74 Å². The zero-order valence-electron chi connectivity index (χ0n) is 10.5. The van der Waals surface area contributed by atoms with E-state index in [1.54, 1.807) is 12.1 Å². The van der Waals surface area contributed by atoms with Crippen LogP contribution in [0.4, 0.5) is 0 Å². The predicted molar refractivity (Wildman–Crippen MR) is 74.3 cm³/mol. The van der Waals surface area contributed by atoms with Crippen LogP contribution in [0.15, 0.2) is 60.8 Å². The summed E-state index contributed by atoms with van der Waals surface area (Å²) in [6.45, 7) is 0. The predicted octanol–water partition coefficient (Wildman–Crippen LogP) is 3.40. The standard InChI is InChI=1S/C16H13NO2/c1-17-11-10-12-8-5-9-14(15(12)17)19-16(18)13-6-3-2-4-7-13/h2-11H,1H3. The van der Waals surface area contributed by atoms with Crippen LogP contribution >= 0.6 is 0 Å². The van der Waals surface area contributed by atoms with Crippen molar-refractivity contribution in [1.29, 1.82) is 0 Å². The van der Waals surface area contributed by atoms with Gasteiger partial charge in [0.25, 0.3) is 0 Å². The number of nitrogens with zero attached hydrogens (tertiary/aromatic N) is 1. The van der Waals surface area contributed by atoms with Gasteiger partial charge in [-0.15, -0.1) is 0 Å². The van der Waals surface area contributed by atoms with E-state index in [0.717, 1.165) is 10.9 Å². The van der Waals surface area contributed by atoms with Crippen molar-refractivity contribution in [3.8, 4) is 5.75 Å². The van der Waals surface area contributed by atoms with Crippen LogP contribution in [0.5, 0.6) is 5.75 Å². The second kappa shape index (κ2) is 4.61. The van der Waals surface area contributed by atoms with Crippen molar-refractivity contribution in [3.63, 3.8) is 0 Å². The lowest BCUT2D eigenvalue weighted by Gasteiger charge is -2.07. The molecular weight excluding hydrogens is 238 g/mol. The van der Waals surface area contributed by atoms with Gasteiger partial charge in [0.1, 0.15) is 0 Å². The minimum atomic E-state index is -0.339. The largest absolute Gasteiger partial charge is 0.421 e. The molecule has 0 radical (unpaired) electrons. The molecule has 19 heavy (non-hydrogen) atoms. The number of para-hydroxylation sites is 1. The van der Waals surface area contributed by atoms with Gasteiger partial charge in [0.15, 0.2) is 5.75 Å². The summed E-state index contributed by atoms with van der Waals surface area (Å²) in [5.41, 5.74) is 1.47. The molecule has 3 heteroatoms. The summed E-state index contributed by atoms with van der Waals surface area (Å²) in [6.07, 6.45) is 1.95. The van der Waals surface area contributed by atoms with Crippen molar-refractivity contribution in [2.75, 3.05) is 0 Å². The molecule has 0 bridgehead atoms. The number of carbonyl (C=O) groups excluding carboxylic acids is 1. The first-order chi connectivity index (χ1) is 9.25. The van der Waals surface area contributed by atoms with E-state index in [9.17, 15) is 4.79 Å². The monoisotopic (exact) mass is 251 g/mol. The van der Waals surface area contributed by atoms with Gasteiger partial charge in [-0.3, -0.25) is 0 Å². The quantitative estimate of drug-likeness (QED) is 0.516. The highest BCUT2D eigenvalue weighted by molar-refractivity contribution is 5.94. The van der Waals surface area contributed by atoms with Crippen molar-refractivity contribution < 1.29 is 9.53 Å². The van der Waals surface area contributed by atoms with Crippen LogP contribution in [-0.4, -0.2) is 10.5 Å². The maximum atomic E-state index is 12.1. The third-order valence-corrected chi connectivity index (χ3v) is 3.07. The van der Waals surface area contributed by atoms with Crippen molar-refractivity contribution >= 4 is 16.9 Å². The summed E-state index contributed by atoms with van der Waals surface area (Å²) in [4.78, 5) is 12.1. The Kier molecular flexibility index (Phi) is 2.80. The fraction of sp³-hybridized carbons (Fsp3) is 0.0625. The Morgan fingerprint density at radius 2 is 1.79 bits per heavy atom. The third-order valence-electron chi connectivity index (χ3n) is 3.07. The number of rotatable bonds is 2. The number of ether oxygens (including phenoxy) is 1. The van der Waals surface area contributed by atoms with Crippen molar-refractivity contribution in [2.45, 2.75) is 0 Å². The molecule has 0 unspecified atom stereocenters. The average molecular weight is 251 g/mol. The molecule has 0 N–H and O–H groups in total. The minimum absolute atomic E-state index is 0.339. The molecule has 1 heterocycles. The maximum Gasteiger partial charge on any atom is 0.343 e. The van der Waals surface area contributed by atoms with Crippen LogP contribution in [0.2, 0.25) is 0 Å². The van der Waals surface area contributed by atoms with Gasteiger partial charge < -0.3 is 9.30 Å². The topological polar surface area (TPSA) is 31.2 Å². The SMILES string of the molecule is Cn1ccc2cccc(OC(=O)c3ccccc3)c21. The van der Waals surface area contributed by atoms with Gasteiger partial charge in [0.05, 0.1) is 11.1 Å². The van der Waals surface area contributed by atoms with Crippen LogP contribution in [0.25, 0.3) is 10.9 Å². The van der Waals surface area contributed by atoms with Gasteiger partial charge in [-0.1, -0.05) is 30.3 Å². The van der Waals surface area contributed by atoms with Gasteiger partial charge in [0.2, 0.25) is 0 Å². The number of aromatic nitrogens is 1. The smallest absolute Gasteiger partial charge is 0.343 e. The molecule has 0 spiro atoms. The lowest BCUT2D eigenvalue weighted by atomic mass is 10.2. The Balaban J connectivity index is 1.98. The molecule has 3 rings (SSSR count). The molecule has 0 saturated carbocycles. The van der Waals surface area contributed by atoms with Gasteiger partial charge in [-0.2, -0.15) is 0 Å². The first-order valence-electron chi connectivity index (χ1n) is 6.07. The first kappa shape index (κ1) is 11.5. The molecule has 0 aliphatic rings. The summed E-state index contributed by atoms with van der Waals surface area (Å²) in [6, 6.07) is 16.7. The Labute approximate surface area is 111 Å². The van der Waals surface area contributed by atoms with E-state index in [2.05, 4.69) is 0 Å². The Bertz CT molecular complexity index is 729. The molecule has 0 fully saturated rings. The van der Waals surface area contributed by atoms with E-state index in [1.807, 2.05) is 60.3 Å². The van der Waals surface area contributed by atoms with Crippen molar-refractivity contribution in [1.82, 2.24) is 4.57 Å². The Hall–Kier alpha value is -2.55. The van der Waals surface area contributed by atoms with Crippen LogP contribution in [-0.2, 0) is 7.05 Å². The van der Waals surface area contributed by atoms with Gasteiger partial charge in [-0.05, 0) is 24.3 Å². The van der Waals surface area contributed by atoms with E-state index in [-0.39, 0.29) is 5.97 Å². The summed E-state index contributed by atoms with van der Waals surface area (Å²) < 4.78 is 7.44. The number of esters is 1. The summed E-state index contributed by atoms with van der Waals surface area (Å²) in [5.74, 6) is 0.244. The molecule has 0 saturated heterocycles. The zero-order valence-corrected chi connectivity index (χ0v) is 10.5. The van der Waals surface area contributed by atoms with Gasteiger partial charge >= 0.3 is 5.97 Å². The van der Waals surface area contributed by atoms with Crippen LogP contribution in [0.1, 0.15) is 10.4 Å². The lowest BCUT2D eigenvalue weighted by Crippen LogP contribution is -2.08. The number of fused-ring (bicyclic) bond motifs is 1. The molecule has 3 aromatic rings. The molecule has 0 aliphatic heterocycles. The molecule has 0 aliphatic carbocycles. The van der Waals surface area contributed by atoms with Gasteiger partial charge in [-0.25, -0.2) is 4.79 Å². The van der Waals surface area contributed by atoms with E-state index in [1.165, 1.54) is 0 Å². The van der Waals surface area contributed by atoms with Gasteiger partial charge in [0, 0.05) is 18.6 Å². The maximum absolute atomic E-state index is 12.1. The highest BCUT2D eigenvalue weighted by atomic mass is 16.5. The Morgan fingerprint density at radius 3 is 2.58 bits per heavy atom. The number of hydrogen-bond acceptors (Lipinski definition) is 2. The highest BCUT2D eigenvalue weighted by Gasteiger charge is 2.11. The molecule has 0 atom stereocenters. The lowest BCUT2D eigenvalue weighted by molar-refractivity contribution is 0.0736. The highest BCUT2D eigenvalue weighted by Crippen LogP contribution is 2.26. The normalized spacial score (nSPS) is 10.6. The molecule has 2 aromatic carbocycles. The molecule has 0 amide bonds. The number of hydrogen-bond donors (Lipinski definition) is 0. The fourth-order valence-electron chi connectivity index (χ4n) is 2.13. The third kappa shape index (κ3) is 2.10. The molecule has 3 nitrogen and oxygen atoms in total. The number of carbonyl (C=O) groups is 1. The van der Waals surface area contributed by atoms with Crippen LogP contribution < -0.4 is 4.74 Å². The second-order valence-electron chi connectivity index (χ2n) is 4.38. The summed E-state index contributed by atoms with van der Waals surface area (Å²) >= 11 is 0. The number of aryl methyl sites for hydroxylation is 1.